The van der Waals surface area contributed by atoms with E-state index < -0.39 is 5.92 Å². The van der Waals surface area contributed by atoms with Gasteiger partial charge in [0.2, 0.25) is 11.8 Å². The molecule has 7 heteroatoms. The number of carbonyl (C=O) groups is 3. The van der Waals surface area contributed by atoms with Crippen LogP contribution in [0, 0.1) is 12.8 Å². The summed E-state index contributed by atoms with van der Waals surface area (Å²) in [4.78, 5) is 39.6. The van der Waals surface area contributed by atoms with E-state index in [1.165, 1.54) is 0 Å². The standard InChI is InChI=1S/C23H25N3O4/c1-14-7-10-20(30-2)19(11-14)26-13-15(12-21(26)27)22(28)25-18-6-4-3-5-17(18)23(29)24-16-8-9-16/h3-7,10-11,15-16H,8-9,12-13H2,1-2H3,(H,24,29)(H,25,28)/t15-/m1/s1. The van der Waals surface area contributed by atoms with Crippen molar-refractivity contribution < 1.29 is 19.1 Å². The third-order valence-electron chi connectivity index (χ3n) is 5.46. The average molecular weight is 407 g/mol. The highest BCUT2D eigenvalue weighted by Crippen LogP contribution is 2.34. The largest absolute Gasteiger partial charge is 0.495 e. The molecule has 1 heterocycles. The van der Waals surface area contributed by atoms with E-state index in [0.717, 1.165) is 18.4 Å². The number of anilines is 2. The first-order valence-electron chi connectivity index (χ1n) is 10.1. The second-order valence-electron chi connectivity index (χ2n) is 7.86. The monoisotopic (exact) mass is 407 g/mol. The van der Waals surface area contributed by atoms with Crippen molar-refractivity contribution in [1.29, 1.82) is 0 Å². The molecule has 30 heavy (non-hydrogen) atoms. The van der Waals surface area contributed by atoms with Gasteiger partial charge in [0.05, 0.1) is 30.0 Å². The van der Waals surface area contributed by atoms with Crippen molar-refractivity contribution in [3.63, 3.8) is 0 Å². The molecule has 4 rings (SSSR count). The molecule has 2 N–H and O–H groups in total. The summed E-state index contributed by atoms with van der Waals surface area (Å²) in [6, 6.07) is 12.8. The molecule has 2 aromatic carbocycles. The van der Waals surface area contributed by atoms with E-state index in [1.807, 2.05) is 25.1 Å². The van der Waals surface area contributed by atoms with E-state index in [2.05, 4.69) is 10.6 Å². The third kappa shape index (κ3) is 4.15. The summed E-state index contributed by atoms with van der Waals surface area (Å²) in [5, 5.41) is 5.79. The predicted molar refractivity (Wildman–Crippen MR) is 114 cm³/mol. The lowest BCUT2D eigenvalue weighted by Crippen LogP contribution is -2.30. The maximum absolute atomic E-state index is 12.9. The molecule has 3 amide bonds. The Morgan fingerprint density at radius 2 is 1.90 bits per heavy atom. The zero-order valence-corrected chi connectivity index (χ0v) is 17.1. The van der Waals surface area contributed by atoms with E-state index in [0.29, 0.717) is 22.7 Å². The van der Waals surface area contributed by atoms with Crippen LogP contribution >= 0.6 is 0 Å². The molecule has 0 spiro atoms. The maximum Gasteiger partial charge on any atom is 0.253 e. The molecule has 0 bridgehead atoms. The second-order valence-corrected chi connectivity index (χ2v) is 7.86. The van der Waals surface area contributed by atoms with Gasteiger partial charge in [-0.25, -0.2) is 0 Å². The Morgan fingerprint density at radius 3 is 2.63 bits per heavy atom. The van der Waals surface area contributed by atoms with Gasteiger partial charge in [0.25, 0.3) is 5.91 Å². The first-order chi connectivity index (χ1) is 14.5. The lowest BCUT2D eigenvalue weighted by atomic mass is 10.1. The predicted octanol–water partition coefficient (Wildman–Crippen LogP) is 2.89. The Balaban J connectivity index is 1.49. The minimum absolute atomic E-state index is 0.110. The molecule has 1 saturated heterocycles. The molecule has 1 aliphatic heterocycles. The molecule has 1 aliphatic carbocycles. The van der Waals surface area contributed by atoms with Crippen molar-refractivity contribution in [3.8, 4) is 5.75 Å². The fourth-order valence-corrected chi connectivity index (χ4v) is 3.64. The van der Waals surface area contributed by atoms with Crippen molar-refractivity contribution in [1.82, 2.24) is 5.32 Å². The van der Waals surface area contributed by atoms with Gasteiger partial charge in [-0.3, -0.25) is 14.4 Å². The summed E-state index contributed by atoms with van der Waals surface area (Å²) >= 11 is 0. The molecule has 0 aromatic heterocycles. The first kappa shape index (κ1) is 19.9. The summed E-state index contributed by atoms with van der Waals surface area (Å²) in [6.07, 6.45) is 2.09. The van der Waals surface area contributed by atoms with Crippen LogP contribution < -0.4 is 20.3 Å². The molecule has 2 aliphatic rings. The van der Waals surface area contributed by atoms with Crippen LogP contribution in [0.15, 0.2) is 42.5 Å². The number of rotatable bonds is 6. The van der Waals surface area contributed by atoms with Crippen LogP contribution in [0.2, 0.25) is 0 Å². The van der Waals surface area contributed by atoms with Crippen molar-refractivity contribution >= 4 is 29.1 Å². The Bertz CT molecular complexity index is 1000. The van der Waals surface area contributed by atoms with Gasteiger partial charge in [-0.2, -0.15) is 0 Å². The van der Waals surface area contributed by atoms with Crippen LogP contribution in [0.4, 0.5) is 11.4 Å². The number of nitrogens with one attached hydrogen (secondary N) is 2. The lowest BCUT2D eigenvalue weighted by Gasteiger charge is -2.20. The number of methoxy groups -OCH3 is 1. The number of amides is 3. The molecule has 156 valence electrons. The van der Waals surface area contributed by atoms with Crippen molar-refractivity contribution in [3.05, 3.63) is 53.6 Å². The zero-order valence-electron chi connectivity index (χ0n) is 17.1. The molecule has 2 aromatic rings. The summed E-state index contributed by atoms with van der Waals surface area (Å²) in [6.45, 7) is 2.21. The Labute approximate surface area is 175 Å². The number of para-hydroxylation sites is 1. The van der Waals surface area contributed by atoms with Gasteiger partial charge in [-0.1, -0.05) is 18.2 Å². The molecular formula is C23H25N3O4. The summed E-state index contributed by atoms with van der Waals surface area (Å²) < 4.78 is 5.39. The third-order valence-corrected chi connectivity index (χ3v) is 5.46. The van der Waals surface area contributed by atoms with Crippen molar-refractivity contribution in [2.45, 2.75) is 32.2 Å². The molecular weight excluding hydrogens is 382 g/mol. The van der Waals surface area contributed by atoms with Crippen LogP contribution in [-0.4, -0.2) is 37.4 Å². The maximum atomic E-state index is 12.9. The molecule has 0 unspecified atom stereocenters. The Morgan fingerprint density at radius 1 is 1.13 bits per heavy atom. The van der Waals surface area contributed by atoms with Crippen LogP contribution in [0.3, 0.4) is 0 Å². The number of hydrogen-bond acceptors (Lipinski definition) is 4. The van der Waals surface area contributed by atoms with E-state index in [-0.39, 0.29) is 36.7 Å². The van der Waals surface area contributed by atoms with Crippen LogP contribution in [0.5, 0.6) is 5.75 Å². The Hall–Kier alpha value is -3.35. The van der Waals surface area contributed by atoms with Crippen LogP contribution in [0.1, 0.15) is 35.2 Å². The minimum Gasteiger partial charge on any atom is -0.495 e. The quantitative estimate of drug-likeness (QED) is 0.771. The highest BCUT2D eigenvalue weighted by Gasteiger charge is 2.36. The first-order valence-corrected chi connectivity index (χ1v) is 10.1. The zero-order chi connectivity index (χ0) is 21.3. The van der Waals surface area contributed by atoms with E-state index in [9.17, 15) is 14.4 Å². The van der Waals surface area contributed by atoms with Crippen LogP contribution in [-0.2, 0) is 9.59 Å². The lowest BCUT2D eigenvalue weighted by molar-refractivity contribution is -0.122. The van der Waals surface area contributed by atoms with Gasteiger partial charge in [-0.05, 0) is 49.6 Å². The SMILES string of the molecule is COc1ccc(C)cc1N1C[C@H](C(=O)Nc2ccccc2C(=O)NC2CC2)CC1=O. The summed E-state index contributed by atoms with van der Waals surface area (Å²) in [7, 11) is 1.56. The highest BCUT2D eigenvalue weighted by molar-refractivity contribution is 6.07. The Kier molecular flexibility index (Phi) is 5.44. The highest BCUT2D eigenvalue weighted by atomic mass is 16.5. The van der Waals surface area contributed by atoms with E-state index in [1.54, 1.807) is 36.3 Å². The van der Waals surface area contributed by atoms with Gasteiger partial charge >= 0.3 is 0 Å². The molecule has 1 saturated carbocycles. The van der Waals surface area contributed by atoms with Gasteiger partial charge in [0.1, 0.15) is 5.75 Å². The van der Waals surface area contributed by atoms with Gasteiger partial charge in [0.15, 0.2) is 0 Å². The average Bonchev–Trinajstić information content (AvgIpc) is 3.46. The summed E-state index contributed by atoms with van der Waals surface area (Å²) in [5.41, 5.74) is 2.56. The summed E-state index contributed by atoms with van der Waals surface area (Å²) in [5.74, 6) is -0.510. The van der Waals surface area contributed by atoms with E-state index >= 15 is 0 Å². The van der Waals surface area contributed by atoms with Crippen LogP contribution in [0.25, 0.3) is 0 Å². The number of benzene rings is 2. The minimum atomic E-state index is -0.512. The van der Waals surface area contributed by atoms with Gasteiger partial charge < -0.3 is 20.3 Å². The molecule has 0 radical (unpaired) electrons. The number of nitrogens with zero attached hydrogens (tertiary/aromatic N) is 1. The van der Waals surface area contributed by atoms with Crippen molar-refractivity contribution in [2.75, 3.05) is 23.9 Å². The fraction of sp³-hybridized carbons (Fsp3) is 0.348. The smallest absolute Gasteiger partial charge is 0.253 e. The second kappa shape index (κ2) is 8.18. The number of hydrogen-bond donors (Lipinski definition) is 2. The van der Waals surface area contributed by atoms with Crippen molar-refractivity contribution in [2.24, 2.45) is 5.92 Å². The fourth-order valence-electron chi connectivity index (χ4n) is 3.64. The topological polar surface area (TPSA) is 87.7 Å². The number of carbonyl (C=O) groups excluding carboxylic acids is 3. The van der Waals surface area contributed by atoms with Gasteiger partial charge in [-0.15, -0.1) is 0 Å². The molecule has 1 atom stereocenters. The number of aryl methyl sites for hydroxylation is 1. The molecule has 2 fully saturated rings. The number of ether oxygens (including phenoxy) is 1. The van der Waals surface area contributed by atoms with E-state index in [4.69, 9.17) is 4.74 Å². The normalized spacial score (nSPS) is 18.3. The van der Waals surface area contributed by atoms with Gasteiger partial charge in [0, 0.05) is 19.0 Å². The molecule has 7 nitrogen and oxygen atoms in total.